The molecule has 4 nitrogen and oxygen atoms in total. The molecule has 2 rings (SSSR count). The molecule has 1 heterocycles. The van der Waals surface area contributed by atoms with Gasteiger partial charge in [0.25, 0.3) is 0 Å². The third-order valence-electron chi connectivity index (χ3n) is 1.92. The zero-order valence-corrected chi connectivity index (χ0v) is 6.76. The highest BCUT2D eigenvalue weighted by molar-refractivity contribution is 5.85. The fourth-order valence-corrected chi connectivity index (χ4v) is 1.41. The van der Waals surface area contributed by atoms with E-state index in [9.17, 15) is 0 Å². The third-order valence-corrected chi connectivity index (χ3v) is 1.92. The summed E-state index contributed by atoms with van der Waals surface area (Å²) in [5.74, 6) is 0. The van der Waals surface area contributed by atoms with Crippen LogP contribution in [-0.2, 0) is 0 Å². The second kappa shape index (κ2) is 2.57. The van der Waals surface area contributed by atoms with Gasteiger partial charge in [0.05, 0.1) is 23.2 Å². The first-order chi connectivity index (χ1) is 5.81. The zero-order chi connectivity index (χ0) is 8.55. The molecular weight excluding hydrogens is 154 g/mol. The first-order valence-electron chi connectivity index (χ1n) is 3.87. The van der Waals surface area contributed by atoms with Gasteiger partial charge in [-0.2, -0.15) is 0 Å². The molecule has 1 aromatic carbocycles. The Morgan fingerprint density at radius 2 is 2.25 bits per heavy atom. The maximum atomic E-state index is 8.77. The lowest BCUT2D eigenvalue weighted by molar-refractivity contribution is 0.389. The second-order valence-electron chi connectivity index (χ2n) is 2.85. The standard InChI is InChI=1S/C8H11N3O/c1-5-9-6-3-2-4-7(11-12)8(6)10-5/h2-5,9-12H,1H3. The number of rotatable bonds is 1. The van der Waals surface area contributed by atoms with Crippen molar-refractivity contribution in [3.8, 4) is 0 Å². The predicted molar refractivity (Wildman–Crippen MR) is 48.6 cm³/mol. The highest BCUT2D eigenvalue weighted by atomic mass is 16.5. The minimum Gasteiger partial charge on any atom is -0.364 e. The van der Waals surface area contributed by atoms with E-state index < -0.39 is 0 Å². The summed E-state index contributed by atoms with van der Waals surface area (Å²) in [6.07, 6.45) is 0.217. The number of anilines is 3. The van der Waals surface area contributed by atoms with Gasteiger partial charge in [-0.1, -0.05) is 6.07 Å². The van der Waals surface area contributed by atoms with E-state index in [4.69, 9.17) is 5.21 Å². The molecule has 0 amide bonds. The van der Waals surface area contributed by atoms with Crippen LogP contribution in [-0.4, -0.2) is 11.4 Å². The van der Waals surface area contributed by atoms with E-state index in [2.05, 4.69) is 16.1 Å². The van der Waals surface area contributed by atoms with Crippen molar-refractivity contribution in [2.45, 2.75) is 13.1 Å². The molecule has 64 valence electrons. The van der Waals surface area contributed by atoms with Crippen LogP contribution < -0.4 is 16.1 Å². The summed E-state index contributed by atoms with van der Waals surface area (Å²) in [5, 5.41) is 15.2. The maximum absolute atomic E-state index is 8.77. The van der Waals surface area contributed by atoms with Crippen LogP contribution in [0.1, 0.15) is 6.92 Å². The lowest BCUT2D eigenvalue weighted by atomic mass is 10.2. The van der Waals surface area contributed by atoms with Crippen LogP contribution in [0.3, 0.4) is 0 Å². The third kappa shape index (κ3) is 0.967. The van der Waals surface area contributed by atoms with Gasteiger partial charge in [0.15, 0.2) is 0 Å². The van der Waals surface area contributed by atoms with Gasteiger partial charge in [-0.15, -0.1) is 0 Å². The number of para-hydroxylation sites is 1. The Kier molecular flexibility index (Phi) is 1.55. The minimum atomic E-state index is 0.217. The van der Waals surface area contributed by atoms with Crippen molar-refractivity contribution in [3.63, 3.8) is 0 Å². The van der Waals surface area contributed by atoms with E-state index >= 15 is 0 Å². The average Bonchev–Trinajstić information content (AvgIpc) is 2.44. The molecule has 0 spiro atoms. The van der Waals surface area contributed by atoms with Gasteiger partial charge in [-0.25, -0.2) is 0 Å². The van der Waals surface area contributed by atoms with Gasteiger partial charge in [-0.3, -0.25) is 10.7 Å². The Hall–Kier alpha value is -1.42. The van der Waals surface area contributed by atoms with Gasteiger partial charge in [-0.05, 0) is 19.1 Å². The molecule has 1 aliphatic heterocycles. The lowest BCUT2D eigenvalue weighted by Gasteiger charge is -2.05. The minimum absolute atomic E-state index is 0.217. The number of hydrogen-bond acceptors (Lipinski definition) is 4. The normalized spacial score (nSPS) is 19.3. The first kappa shape index (κ1) is 7.24. The molecule has 4 heteroatoms. The number of benzene rings is 1. The van der Waals surface area contributed by atoms with Gasteiger partial charge in [0, 0.05) is 0 Å². The van der Waals surface area contributed by atoms with E-state index in [1.807, 2.05) is 25.1 Å². The molecule has 12 heavy (non-hydrogen) atoms. The van der Waals surface area contributed by atoms with Gasteiger partial charge >= 0.3 is 0 Å². The molecule has 0 saturated carbocycles. The predicted octanol–water partition coefficient (Wildman–Crippen LogP) is 1.67. The molecule has 1 atom stereocenters. The van der Waals surface area contributed by atoms with E-state index in [0.29, 0.717) is 5.69 Å². The first-order valence-corrected chi connectivity index (χ1v) is 3.87. The maximum Gasteiger partial charge on any atom is 0.0936 e. The summed E-state index contributed by atoms with van der Waals surface area (Å²) in [4.78, 5) is 0. The second-order valence-corrected chi connectivity index (χ2v) is 2.85. The van der Waals surface area contributed by atoms with Crippen LogP contribution in [0.15, 0.2) is 18.2 Å². The van der Waals surface area contributed by atoms with Gasteiger partial charge in [0.2, 0.25) is 0 Å². The molecule has 1 aliphatic rings. The number of nitrogens with one attached hydrogen (secondary N) is 3. The quantitative estimate of drug-likeness (QED) is 0.478. The van der Waals surface area contributed by atoms with Crippen LogP contribution in [0.5, 0.6) is 0 Å². The van der Waals surface area contributed by atoms with Crippen molar-refractivity contribution in [3.05, 3.63) is 18.2 Å². The largest absolute Gasteiger partial charge is 0.364 e. The molecule has 0 saturated heterocycles. The SMILES string of the molecule is CC1Nc2cccc(NO)c2N1. The fourth-order valence-electron chi connectivity index (χ4n) is 1.41. The zero-order valence-electron chi connectivity index (χ0n) is 6.76. The van der Waals surface area contributed by atoms with Crippen molar-refractivity contribution >= 4 is 17.1 Å². The molecule has 4 N–H and O–H groups in total. The Labute approximate surface area is 70.6 Å². The van der Waals surface area contributed by atoms with E-state index in [-0.39, 0.29) is 6.17 Å². The molecule has 0 radical (unpaired) electrons. The highest BCUT2D eigenvalue weighted by Crippen LogP contribution is 2.35. The van der Waals surface area contributed by atoms with Crippen LogP contribution in [0.2, 0.25) is 0 Å². The van der Waals surface area contributed by atoms with Crippen molar-refractivity contribution in [1.29, 1.82) is 0 Å². The van der Waals surface area contributed by atoms with Gasteiger partial charge < -0.3 is 10.6 Å². The molecule has 0 aromatic heterocycles. The Bertz CT molecular complexity index is 300. The molecular formula is C8H11N3O. The van der Waals surface area contributed by atoms with Gasteiger partial charge in [0.1, 0.15) is 0 Å². The smallest absolute Gasteiger partial charge is 0.0936 e. The molecule has 1 unspecified atom stereocenters. The summed E-state index contributed by atoms with van der Waals surface area (Å²) >= 11 is 0. The molecule has 0 bridgehead atoms. The number of fused-ring (bicyclic) bond motifs is 1. The monoisotopic (exact) mass is 165 g/mol. The lowest BCUT2D eigenvalue weighted by Crippen LogP contribution is -2.16. The molecule has 1 aromatic rings. The topological polar surface area (TPSA) is 56.3 Å². The van der Waals surface area contributed by atoms with E-state index in [0.717, 1.165) is 11.4 Å². The molecule has 0 aliphatic carbocycles. The van der Waals surface area contributed by atoms with Crippen LogP contribution in [0, 0.1) is 0 Å². The van der Waals surface area contributed by atoms with Crippen LogP contribution in [0.4, 0.5) is 17.1 Å². The summed E-state index contributed by atoms with van der Waals surface area (Å²) in [6, 6.07) is 5.66. The Morgan fingerprint density at radius 3 is 3.00 bits per heavy atom. The summed E-state index contributed by atoms with van der Waals surface area (Å²) in [7, 11) is 0. The van der Waals surface area contributed by atoms with Crippen molar-refractivity contribution in [2.24, 2.45) is 0 Å². The summed E-state index contributed by atoms with van der Waals surface area (Å²) in [6.45, 7) is 2.02. The van der Waals surface area contributed by atoms with Crippen LogP contribution in [0.25, 0.3) is 0 Å². The summed E-state index contributed by atoms with van der Waals surface area (Å²) in [5.41, 5.74) is 4.78. The van der Waals surface area contributed by atoms with Crippen molar-refractivity contribution in [1.82, 2.24) is 0 Å². The number of hydrogen-bond donors (Lipinski definition) is 4. The summed E-state index contributed by atoms with van der Waals surface area (Å²) < 4.78 is 0. The van der Waals surface area contributed by atoms with E-state index in [1.165, 1.54) is 0 Å². The molecule has 0 fully saturated rings. The fraction of sp³-hybridized carbons (Fsp3) is 0.250. The Morgan fingerprint density at radius 1 is 1.42 bits per heavy atom. The average molecular weight is 165 g/mol. The highest BCUT2D eigenvalue weighted by Gasteiger charge is 2.17. The van der Waals surface area contributed by atoms with Crippen molar-refractivity contribution in [2.75, 3.05) is 16.1 Å². The van der Waals surface area contributed by atoms with Crippen LogP contribution >= 0.6 is 0 Å². The van der Waals surface area contributed by atoms with E-state index in [1.54, 1.807) is 0 Å². The Balaban J connectivity index is 2.44. The van der Waals surface area contributed by atoms with Crippen molar-refractivity contribution < 1.29 is 5.21 Å².